The lowest BCUT2D eigenvalue weighted by atomic mass is 10.1. The number of hydrogen-bond acceptors (Lipinski definition) is 5. The number of nitrogen functional groups attached to an aromatic ring is 1. The maximum absolute atomic E-state index is 11.9. The highest BCUT2D eigenvalue weighted by Gasteiger charge is 2.21. The van der Waals surface area contributed by atoms with Crippen molar-refractivity contribution in [3.8, 4) is 0 Å². The first-order valence-electron chi connectivity index (χ1n) is 5.13. The Bertz CT molecular complexity index is 592. The zero-order chi connectivity index (χ0) is 13.1. The summed E-state index contributed by atoms with van der Waals surface area (Å²) in [6.45, 7) is -0.162. The van der Waals surface area contributed by atoms with Crippen molar-refractivity contribution < 1.29 is 9.72 Å². The van der Waals surface area contributed by atoms with Crippen LogP contribution in [-0.4, -0.2) is 20.3 Å². The average molecular weight is 246 g/mol. The van der Waals surface area contributed by atoms with Gasteiger partial charge in [-0.05, 0) is 4.92 Å². The summed E-state index contributed by atoms with van der Waals surface area (Å²) in [5.41, 5.74) is 5.86. The quantitative estimate of drug-likeness (QED) is 0.496. The van der Waals surface area contributed by atoms with Gasteiger partial charge in [-0.3, -0.25) is 4.79 Å². The van der Waals surface area contributed by atoms with Gasteiger partial charge in [0.15, 0.2) is 12.9 Å². The fourth-order valence-electron chi connectivity index (χ4n) is 1.58. The highest BCUT2D eigenvalue weighted by molar-refractivity contribution is 5.96. The van der Waals surface area contributed by atoms with Crippen LogP contribution in [0.3, 0.4) is 0 Å². The number of Topliss-reactive ketones (excluding diaryl/α,β-unsaturated/α-hetero) is 1. The number of carbonyl (C=O) groups is 1. The molecule has 18 heavy (non-hydrogen) atoms. The molecule has 0 radical (unpaired) electrons. The van der Waals surface area contributed by atoms with E-state index in [1.54, 1.807) is 30.3 Å². The van der Waals surface area contributed by atoms with Crippen LogP contribution >= 0.6 is 0 Å². The summed E-state index contributed by atoms with van der Waals surface area (Å²) in [4.78, 5) is 25.6. The molecule has 0 unspecified atom stereocenters. The normalized spacial score (nSPS) is 10.2. The first-order chi connectivity index (χ1) is 8.59. The maximum atomic E-state index is 11.9. The molecule has 0 saturated heterocycles. The monoisotopic (exact) mass is 246 g/mol. The largest absolute Gasteiger partial charge is 0.377 e. The molecule has 0 atom stereocenters. The Balaban J connectivity index is 2.25. The fraction of sp³-hybridized carbons (Fsp3) is 0.0909. The van der Waals surface area contributed by atoms with Gasteiger partial charge in [0, 0.05) is 5.56 Å². The second-order valence-electron chi connectivity index (χ2n) is 3.63. The van der Waals surface area contributed by atoms with E-state index in [0.29, 0.717) is 5.56 Å². The van der Waals surface area contributed by atoms with Crippen molar-refractivity contribution in [2.24, 2.45) is 0 Å². The highest BCUT2D eigenvalue weighted by Crippen LogP contribution is 2.19. The van der Waals surface area contributed by atoms with E-state index in [0.717, 1.165) is 4.57 Å². The van der Waals surface area contributed by atoms with Gasteiger partial charge in [-0.2, -0.15) is 4.98 Å². The minimum Gasteiger partial charge on any atom is -0.377 e. The number of carbonyl (C=O) groups excluding carboxylic acids is 1. The molecule has 0 amide bonds. The number of hydrogen-bond donors (Lipinski definition) is 1. The third-order valence-electron chi connectivity index (χ3n) is 2.42. The van der Waals surface area contributed by atoms with Crippen molar-refractivity contribution >= 4 is 17.4 Å². The van der Waals surface area contributed by atoms with Crippen LogP contribution in [0.5, 0.6) is 0 Å². The molecular weight excluding hydrogens is 236 g/mol. The number of benzene rings is 1. The zero-order valence-electron chi connectivity index (χ0n) is 9.31. The van der Waals surface area contributed by atoms with Gasteiger partial charge >= 0.3 is 5.82 Å². The minimum absolute atomic E-state index is 0.162. The lowest BCUT2D eigenvalue weighted by Gasteiger charge is -2.01. The smallest absolute Gasteiger partial charge is 0.367 e. The summed E-state index contributed by atoms with van der Waals surface area (Å²) in [6, 6.07) is 8.53. The molecule has 0 bridgehead atoms. The molecule has 1 aromatic carbocycles. The van der Waals surface area contributed by atoms with E-state index in [-0.39, 0.29) is 24.0 Å². The van der Waals surface area contributed by atoms with Gasteiger partial charge in [-0.1, -0.05) is 30.3 Å². The van der Waals surface area contributed by atoms with E-state index in [4.69, 9.17) is 5.73 Å². The second-order valence-corrected chi connectivity index (χ2v) is 3.63. The number of rotatable bonds is 4. The predicted molar refractivity (Wildman–Crippen MR) is 64.1 cm³/mol. The number of anilines is 1. The summed E-state index contributed by atoms with van der Waals surface area (Å²) < 4.78 is 1.13. The molecule has 0 fully saturated rings. The molecule has 2 rings (SSSR count). The van der Waals surface area contributed by atoms with E-state index in [1.165, 1.54) is 6.33 Å². The van der Waals surface area contributed by atoms with Crippen molar-refractivity contribution in [3.63, 3.8) is 0 Å². The summed E-state index contributed by atoms with van der Waals surface area (Å²) >= 11 is 0. The molecule has 7 nitrogen and oxygen atoms in total. The third kappa shape index (κ3) is 2.19. The Morgan fingerprint density at radius 3 is 2.67 bits per heavy atom. The van der Waals surface area contributed by atoms with Gasteiger partial charge in [0.05, 0.1) is 0 Å². The van der Waals surface area contributed by atoms with Gasteiger partial charge in [-0.25, -0.2) is 4.57 Å². The van der Waals surface area contributed by atoms with Crippen LogP contribution in [0.25, 0.3) is 0 Å². The summed E-state index contributed by atoms with van der Waals surface area (Å²) in [7, 11) is 0. The van der Waals surface area contributed by atoms with E-state index < -0.39 is 4.92 Å². The fourth-order valence-corrected chi connectivity index (χ4v) is 1.58. The van der Waals surface area contributed by atoms with Gasteiger partial charge < -0.3 is 15.8 Å². The molecule has 0 aliphatic carbocycles. The molecular formula is C11H10N4O3. The predicted octanol–water partition coefficient (Wildman–Crippen LogP) is 1.26. The standard InChI is InChI=1S/C11H10N4O3/c12-10-11(15(17)18)14(7-13-10)6-9(16)8-4-2-1-3-5-8/h1-5,7H,6,12H2. The Hall–Kier alpha value is -2.70. The van der Waals surface area contributed by atoms with Crippen molar-refractivity contribution in [2.45, 2.75) is 6.54 Å². The first-order valence-corrected chi connectivity index (χ1v) is 5.13. The van der Waals surface area contributed by atoms with Crippen LogP contribution in [0.15, 0.2) is 36.7 Å². The molecule has 92 valence electrons. The van der Waals surface area contributed by atoms with Gasteiger partial charge in [0.1, 0.15) is 0 Å². The molecule has 2 aromatic rings. The van der Waals surface area contributed by atoms with E-state index >= 15 is 0 Å². The summed E-state index contributed by atoms with van der Waals surface area (Å²) in [6.07, 6.45) is 1.19. The van der Waals surface area contributed by atoms with Crippen LogP contribution in [0.1, 0.15) is 10.4 Å². The zero-order valence-corrected chi connectivity index (χ0v) is 9.31. The van der Waals surface area contributed by atoms with E-state index in [2.05, 4.69) is 4.98 Å². The van der Waals surface area contributed by atoms with Gasteiger partial charge in [-0.15, -0.1) is 0 Å². The topological polar surface area (TPSA) is 104 Å². The lowest BCUT2D eigenvalue weighted by Crippen LogP contribution is -2.12. The number of nitrogens with two attached hydrogens (primary N) is 1. The van der Waals surface area contributed by atoms with Crippen molar-refractivity contribution in [1.82, 2.24) is 9.55 Å². The Kier molecular flexibility index (Phi) is 3.05. The van der Waals surface area contributed by atoms with Crippen LogP contribution in [0, 0.1) is 10.1 Å². The molecule has 2 N–H and O–H groups in total. The van der Waals surface area contributed by atoms with Crippen molar-refractivity contribution in [3.05, 3.63) is 52.3 Å². The van der Waals surface area contributed by atoms with Crippen LogP contribution in [0.4, 0.5) is 11.6 Å². The summed E-state index contributed by atoms with van der Waals surface area (Å²) in [5, 5.41) is 10.8. The van der Waals surface area contributed by atoms with Crippen molar-refractivity contribution in [1.29, 1.82) is 0 Å². The Morgan fingerprint density at radius 2 is 2.06 bits per heavy atom. The molecule has 0 aliphatic rings. The maximum Gasteiger partial charge on any atom is 0.367 e. The minimum atomic E-state index is -0.652. The van der Waals surface area contributed by atoms with E-state index in [9.17, 15) is 14.9 Å². The SMILES string of the molecule is Nc1ncn(CC(=O)c2ccccc2)c1[N+](=O)[O-]. The van der Waals surface area contributed by atoms with E-state index in [1.807, 2.05) is 0 Å². The number of nitro groups is 1. The number of aromatic nitrogens is 2. The molecule has 1 aromatic heterocycles. The average Bonchev–Trinajstić information content (AvgIpc) is 2.71. The van der Waals surface area contributed by atoms with Crippen LogP contribution in [-0.2, 0) is 6.54 Å². The van der Waals surface area contributed by atoms with Gasteiger partial charge in [0.25, 0.3) is 0 Å². The third-order valence-corrected chi connectivity index (χ3v) is 2.42. The first kappa shape index (κ1) is 11.8. The van der Waals surface area contributed by atoms with Crippen LogP contribution in [0.2, 0.25) is 0 Å². The number of imidazole rings is 1. The molecule has 0 saturated carbocycles. The lowest BCUT2D eigenvalue weighted by molar-refractivity contribution is -0.391. The Labute approximate surface area is 102 Å². The highest BCUT2D eigenvalue weighted by atomic mass is 16.6. The van der Waals surface area contributed by atoms with Gasteiger partial charge in [0.2, 0.25) is 11.6 Å². The molecule has 1 heterocycles. The molecule has 0 spiro atoms. The Morgan fingerprint density at radius 1 is 1.39 bits per heavy atom. The second kappa shape index (κ2) is 4.66. The number of nitrogens with zero attached hydrogens (tertiary/aromatic N) is 3. The van der Waals surface area contributed by atoms with Crippen LogP contribution < -0.4 is 5.73 Å². The number of ketones is 1. The molecule has 7 heteroatoms. The molecule has 0 aliphatic heterocycles. The van der Waals surface area contributed by atoms with Crippen molar-refractivity contribution in [2.75, 3.05) is 5.73 Å². The summed E-state index contributed by atoms with van der Waals surface area (Å²) in [5.74, 6) is -0.795.